The van der Waals surface area contributed by atoms with Crippen molar-refractivity contribution in [3.05, 3.63) is 0 Å². The van der Waals surface area contributed by atoms with E-state index in [1.807, 2.05) is 13.8 Å². The largest absolute Gasteiger partial charge is 0.331 e. The van der Waals surface area contributed by atoms with Gasteiger partial charge in [-0.3, -0.25) is 19.8 Å². The Labute approximate surface area is 107 Å². The van der Waals surface area contributed by atoms with Gasteiger partial charge in [0.2, 0.25) is 11.8 Å². The van der Waals surface area contributed by atoms with Crippen molar-refractivity contribution >= 4 is 17.8 Å². The summed E-state index contributed by atoms with van der Waals surface area (Å²) in [7, 11) is 0. The molecule has 2 atom stereocenters. The first-order chi connectivity index (χ1) is 8.54. The van der Waals surface area contributed by atoms with Gasteiger partial charge < -0.3 is 0 Å². The summed E-state index contributed by atoms with van der Waals surface area (Å²) in [5.41, 5.74) is 0. The normalized spacial score (nSPS) is 26.2. The predicted molar refractivity (Wildman–Crippen MR) is 65.6 cm³/mol. The van der Waals surface area contributed by atoms with E-state index in [9.17, 15) is 14.4 Å². The molecule has 1 heterocycles. The molecule has 0 bridgehead atoms. The summed E-state index contributed by atoms with van der Waals surface area (Å²) < 4.78 is 0. The smallest absolute Gasteiger partial charge is 0.277 e. The molecule has 1 N–H and O–H groups in total. The molecule has 4 amide bonds. The standard InChI is InChI=1S/C13H20N2O3/c1-3-4-10-11(16)14-13(18)15(12(10)17)8(2)7-9-5-6-9/h8-10H,3-7H2,1-2H3,(H,14,16,18). The summed E-state index contributed by atoms with van der Waals surface area (Å²) >= 11 is 0. The molecule has 5 heteroatoms. The molecule has 2 fully saturated rings. The average molecular weight is 252 g/mol. The number of rotatable bonds is 5. The number of carbonyl (C=O) groups is 3. The molecule has 2 aliphatic rings. The fraction of sp³-hybridized carbons (Fsp3) is 0.769. The number of hydrogen-bond donors (Lipinski definition) is 1. The summed E-state index contributed by atoms with van der Waals surface area (Å²) in [5, 5.41) is 2.30. The molecule has 0 radical (unpaired) electrons. The minimum absolute atomic E-state index is 0.113. The Balaban J connectivity index is 2.08. The van der Waals surface area contributed by atoms with Gasteiger partial charge in [0.15, 0.2) is 0 Å². The molecule has 2 unspecified atom stereocenters. The lowest BCUT2D eigenvalue weighted by Gasteiger charge is -2.34. The lowest BCUT2D eigenvalue weighted by atomic mass is 9.97. The monoisotopic (exact) mass is 252 g/mol. The third kappa shape index (κ3) is 2.54. The second-order valence-corrected chi connectivity index (χ2v) is 5.37. The average Bonchev–Trinajstić information content (AvgIpc) is 3.07. The van der Waals surface area contributed by atoms with Gasteiger partial charge in [-0.1, -0.05) is 26.2 Å². The van der Waals surface area contributed by atoms with E-state index in [1.165, 1.54) is 17.7 Å². The summed E-state index contributed by atoms with van der Waals surface area (Å²) in [6.07, 6.45) is 4.48. The van der Waals surface area contributed by atoms with Crippen LogP contribution in [0.4, 0.5) is 4.79 Å². The molecular weight excluding hydrogens is 232 g/mol. The quantitative estimate of drug-likeness (QED) is 0.757. The zero-order valence-corrected chi connectivity index (χ0v) is 10.9. The second kappa shape index (κ2) is 5.08. The maximum Gasteiger partial charge on any atom is 0.331 e. The minimum Gasteiger partial charge on any atom is -0.277 e. The molecule has 0 aromatic rings. The van der Waals surface area contributed by atoms with Crippen LogP contribution in [0.5, 0.6) is 0 Å². The molecule has 0 spiro atoms. The van der Waals surface area contributed by atoms with E-state index in [1.54, 1.807) is 0 Å². The van der Waals surface area contributed by atoms with Gasteiger partial charge in [-0.15, -0.1) is 0 Å². The van der Waals surface area contributed by atoms with Gasteiger partial charge in [0.25, 0.3) is 0 Å². The first kappa shape index (κ1) is 13.1. The van der Waals surface area contributed by atoms with Gasteiger partial charge in [0, 0.05) is 6.04 Å². The van der Waals surface area contributed by atoms with Crippen LogP contribution in [-0.2, 0) is 9.59 Å². The Morgan fingerprint density at radius 2 is 2.00 bits per heavy atom. The van der Waals surface area contributed by atoms with Crippen molar-refractivity contribution in [2.75, 3.05) is 0 Å². The summed E-state index contributed by atoms with van der Waals surface area (Å²) in [6.45, 7) is 3.81. The van der Waals surface area contributed by atoms with Crippen LogP contribution in [0.2, 0.25) is 0 Å². The third-order valence-electron chi connectivity index (χ3n) is 3.69. The number of imide groups is 2. The van der Waals surface area contributed by atoms with Crippen LogP contribution in [-0.4, -0.2) is 28.8 Å². The molecule has 0 aromatic heterocycles. The van der Waals surface area contributed by atoms with Crippen LogP contribution in [0.3, 0.4) is 0 Å². The van der Waals surface area contributed by atoms with E-state index in [4.69, 9.17) is 0 Å². The number of hydrogen-bond acceptors (Lipinski definition) is 3. The zero-order chi connectivity index (χ0) is 13.3. The van der Waals surface area contributed by atoms with Crippen molar-refractivity contribution in [1.82, 2.24) is 10.2 Å². The van der Waals surface area contributed by atoms with Crippen molar-refractivity contribution in [2.24, 2.45) is 11.8 Å². The Kier molecular flexibility index (Phi) is 3.68. The number of carbonyl (C=O) groups excluding carboxylic acids is 3. The maximum atomic E-state index is 12.2. The van der Waals surface area contributed by atoms with Crippen molar-refractivity contribution < 1.29 is 14.4 Å². The van der Waals surface area contributed by atoms with E-state index < -0.39 is 17.9 Å². The fourth-order valence-electron chi connectivity index (χ4n) is 2.53. The zero-order valence-electron chi connectivity index (χ0n) is 10.9. The highest BCUT2D eigenvalue weighted by molar-refractivity contribution is 6.16. The maximum absolute atomic E-state index is 12.2. The summed E-state index contributed by atoms with van der Waals surface area (Å²) in [5.74, 6) is -0.808. The third-order valence-corrected chi connectivity index (χ3v) is 3.69. The van der Waals surface area contributed by atoms with Crippen LogP contribution in [0, 0.1) is 11.8 Å². The van der Waals surface area contributed by atoms with Crippen molar-refractivity contribution in [3.8, 4) is 0 Å². The lowest BCUT2D eigenvalue weighted by molar-refractivity contribution is -0.144. The number of nitrogens with one attached hydrogen (secondary N) is 1. The molecule has 1 aliphatic carbocycles. The van der Waals surface area contributed by atoms with Crippen LogP contribution in [0.15, 0.2) is 0 Å². The lowest BCUT2D eigenvalue weighted by Crippen LogP contribution is -2.60. The summed E-state index contributed by atoms with van der Waals surface area (Å²) in [4.78, 5) is 36.9. The predicted octanol–water partition coefficient (Wildman–Crippen LogP) is 1.67. The first-order valence-electron chi connectivity index (χ1n) is 6.72. The molecular formula is C13H20N2O3. The molecule has 0 aromatic carbocycles. The first-order valence-corrected chi connectivity index (χ1v) is 6.72. The van der Waals surface area contributed by atoms with Gasteiger partial charge in [0.05, 0.1) is 0 Å². The molecule has 100 valence electrons. The van der Waals surface area contributed by atoms with Crippen molar-refractivity contribution in [3.63, 3.8) is 0 Å². The van der Waals surface area contributed by atoms with E-state index in [-0.39, 0.29) is 11.9 Å². The molecule has 5 nitrogen and oxygen atoms in total. The SMILES string of the molecule is CCCC1C(=O)NC(=O)N(C(C)CC2CC2)C1=O. The Morgan fingerprint density at radius 1 is 1.33 bits per heavy atom. The van der Waals surface area contributed by atoms with Crippen molar-refractivity contribution in [2.45, 2.75) is 52.0 Å². The second-order valence-electron chi connectivity index (χ2n) is 5.37. The molecule has 1 aliphatic heterocycles. The van der Waals surface area contributed by atoms with E-state index in [0.717, 1.165) is 12.8 Å². The Morgan fingerprint density at radius 3 is 2.56 bits per heavy atom. The van der Waals surface area contributed by atoms with Gasteiger partial charge in [-0.2, -0.15) is 0 Å². The van der Waals surface area contributed by atoms with E-state index in [2.05, 4.69) is 5.32 Å². The number of urea groups is 1. The topological polar surface area (TPSA) is 66.5 Å². The molecule has 1 saturated carbocycles. The van der Waals surface area contributed by atoms with Crippen LogP contribution >= 0.6 is 0 Å². The minimum atomic E-state index is -0.686. The van der Waals surface area contributed by atoms with Gasteiger partial charge in [-0.05, 0) is 25.7 Å². The molecule has 1 saturated heterocycles. The summed E-state index contributed by atoms with van der Waals surface area (Å²) in [6, 6.07) is -0.664. The van der Waals surface area contributed by atoms with Crippen LogP contribution in [0.25, 0.3) is 0 Å². The number of barbiturate groups is 1. The van der Waals surface area contributed by atoms with E-state index in [0.29, 0.717) is 12.3 Å². The van der Waals surface area contributed by atoms with E-state index >= 15 is 0 Å². The van der Waals surface area contributed by atoms with Gasteiger partial charge in [0.1, 0.15) is 5.92 Å². The Hall–Kier alpha value is -1.39. The number of nitrogens with zero attached hydrogens (tertiary/aromatic N) is 1. The highest BCUT2D eigenvalue weighted by Gasteiger charge is 2.42. The highest BCUT2D eigenvalue weighted by atomic mass is 16.2. The molecule has 2 rings (SSSR count). The van der Waals surface area contributed by atoms with Crippen LogP contribution < -0.4 is 5.32 Å². The van der Waals surface area contributed by atoms with Crippen molar-refractivity contribution in [1.29, 1.82) is 0 Å². The number of amides is 4. The molecule has 18 heavy (non-hydrogen) atoms. The highest BCUT2D eigenvalue weighted by Crippen LogP contribution is 2.35. The fourth-order valence-corrected chi connectivity index (χ4v) is 2.53. The van der Waals surface area contributed by atoms with Crippen LogP contribution in [0.1, 0.15) is 46.0 Å². The van der Waals surface area contributed by atoms with Gasteiger partial charge >= 0.3 is 6.03 Å². The van der Waals surface area contributed by atoms with Gasteiger partial charge in [-0.25, -0.2) is 4.79 Å². The Bertz CT molecular complexity index is 376.